The predicted molar refractivity (Wildman–Crippen MR) is 53.6 cm³/mol. The zero-order valence-electron chi connectivity index (χ0n) is 7.61. The average molecular weight is 204 g/mol. The van der Waals surface area contributed by atoms with Crippen molar-refractivity contribution >= 4 is 17.7 Å². The molecule has 1 aliphatic heterocycles. The van der Waals surface area contributed by atoms with Crippen molar-refractivity contribution in [2.75, 3.05) is 31.2 Å². The van der Waals surface area contributed by atoms with Gasteiger partial charge >= 0.3 is 0 Å². The number of carbonyl (C=O) groups excluding carboxylic acids is 1. The Morgan fingerprint density at radius 2 is 2.38 bits per heavy atom. The first-order chi connectivity index (χ1) is 6.24. The molecule has 0 radical (unpaired) electrons. The quantitative estimate of drug-likeness (QED) is 0.580. The van der Waals surface area contributed by atoms with Gasteiger partial charge in [-0.2, -0.15) is 11.8 Å². The second-order valence-corrected chi connectivity index (χ2v) is 4.36. The maximum Gasteiger partial charge on any atom is 0.224 e. The Kier molecular flexibility index (Phi) is 4.55. The minimum atomic E-state index is 0.0235. The maximum absolute atomic E-state index is 11.2. The molecule has 1 fully saturated rings. The Morgan fingerprint density at radius 1 is 1.62 bits per heavy atom. The van der Waals surface area contributed by atoms with Gasteiger partial charge in [-0.25, -0.2) is 0 Å². The second kappa shape index (κ2) is 5.47. The molecular weight excluding hydrogens is 188 g/mol. The van der Waals surface area contributed by atoms with Gasteiger partial charge in [-0.3, -0.25) is 4.79 Å². The topological polar surface area (TPSA) is 66.6 Å². The van der Waals surface area contributed by atoms with E-state index in [1.165, 1.54) is 0 Å². The molecule has 1 saturated heterocycles. The Balaban J connectivity index is 2.11. The third-order valence-electron chi connectivity index (χ3n) is 1.99. The van der Waals surface area contributed by atoms with Gasteiger partial charge in [0.15, 0.2) is 0 Å². The van der Waals surface area contributed by atoms with E-state index in [4.69, 9.17) is 10.8 Å². The van der Waals surface area contributed by atoms with Crippen LogP contribution in [-0.4, -0.2) is 53.2 Å². The second-order valence-electron chi connectivity index (χ2n) is 3.14. The molecule has 0 saturated carbocycles. The summed E-state index contributed by atoms with van der Waals surface area (Å²) in [5, 5.41) is 8.53. The molecule has 13 heavy (non-hydrogen) atoms. The van der Waals surface area contributed by atoms with E-state index < -0.39 is 0 Å². The minimum Gasteiger partial charge on any atom is -0.396 e. The SMILES string of the molecule is NC1CC(=O)N(CCSCCO)C1. The zero-order chi connectivity index (χ0) is 9.68. The summed E-state index contributed by atoms with van der Waals surface area (Å²) in [6, 6.07) is 0.0235. The van der Waals surface area contributed by atoms with Gasteiger partial charge in [0.1, 0.15) is 0 Å². The van der Waals surface area contributed by atoms with Crippen LogP contribution in [0.4, 0.5) is 0 Å². The molecule has 1 heterocycles. The highest BCUT2D eigenvalue weighted by molar-refractivity contribution is 7.99. The molecule has 76 valence electrons. The normalized spacial score (nSPS) is 22.8. The molecule has 1 amide bonds. The average Bonchev–Trinajstić information content (AvgIpc) is 2.39. The van der Waals surface area contributed by atoms with Crippen molar-refractivity contribution in [3.8, 4) is 0 Å². The van der Waals surface area contributed by atoms with Crippen LogP contribution >= 0.6 is 11.8 Å². The number of amides is 1. The van der Waals surface area contributed by atoms with E-state index in [9.17, 15) is 4.79 Å². The molecule has 1 unspecified atom stereocenters. The number of nitrogens with zero attached hydrogens (tertiary/aromatic N) is 1. The van der Waals surface area contributed by atoms with E-state index in [-0.39, 0.29) is 18.6 Å². The number of aliphatic hydroxyl groups excluding tert-OH is 1. The highest BCUT2D eigenvalue weighted by Crippen LogP contribution is 2.10. The fraction of sp³-hybridized carbons (Fsp3) is 0.875. The van der Waals surface area contributed by atoms with E-state index in [0.717, 1.165) is 18.1 Å². The number of aliphatic hydroxyl groups is 1. The highest BCUT2D eigenvalue weighted by Gasteiger charge is 2.25. The van der Waals surface area contributed by atoms with Gasteiger partial charge in [-0.15, -0.1) is 0 Å². The number of thioether (sulfide) groups is 1. The van der Waals surface area contributed by atoms with Gasteiger partial charge in [0.2, 0.25) is 5.91 Å². The van der Waals surface area contributed by atoms with Crippen molar-refractivity contribution in [3.63, 3.8) is 0 Å². The first-order valence-electron chi connectivity index (χ1n) is 4.46. The van der Waals surface area contributed by atoms with Gasteiger partial charge < -0.3 is 15.7 Å². The van der Waals surface area contributed by atoms with Crippen LogP contribution in [0.15, 0.2) is 0 Å². The summed E-state index contributed by atoms with van der Waals surface area (Å²) in [7, 11) is 0. The predicted octanol–water partition coefficient (Wildman–Crippen LogP) is -0.729. The van der Waals surface area contributed by atoms with E-state index in [2.05, 4.69) is 0 Å². The molecule has 1 rings (SSSR count). The van der Waals surface area contributed by atoms with Crippen molar-refractivity contribution in [2.24, 2.45) is 5.73 Å². The molecule has 0 aromatic carbocycles. The van der Waals surface area contributed by atoms with Crippen molar-refractivity contribution in [3.05, 3.63) is 0 Å². The van der Waals surface area contributed by atoms with Crippen molar-refractivity contribution in [1.29, 1.82) is 0 Å². The summed E-state index contributed by atoms with van der Waals surface area (Å²) in [6.45, 7) is 1.66. The number of hydrogen-bond acceptors (Lipinski definition) is 4. The van der Waals surface area contributed by atoms with E-state index in [1.807, 2.05) is 0 Å². The summed E-state index contributed by atoms with van der Waals surface area (Å²) in [6.07, 6.45) is 0.491. The standard InChI is InChI=1S/C8H16N2O2S/c9-7-5-8(12)10(6-7)1-3-13-4-2-11/h7,11H,1-6,9H2. The zero-order valence-corrected chi connectivity index (χ0v) is 8.42. The van der Waals surface area contributed by atoms with Gasteiger partial charge in [-0.1, -0.05) is 0 Å². The van der Waals surface area contributed by atoms with Crippen LogP contribution < -0.4 is 5.73 Å². The van der Waals surface area contributed by atoms with Crippen molar-refractivity contribution in [2.45, 2.75) is 12.5 Å². The fourth-order valence-electron chi connectivity index (χ4n) is 1.36. The van der Waals surface area contributed by atoms with Crippen molar-refractivity contribution in [1.82, 2.24) is 4.90 Å². The molecule has 0 aromatic heterocycles. The van der Waals surface area contributed by atoms with Crippen LogP contribution in [0.5, 0.6) is 0 Å². The lowest BCUT2D eigenvalue weighted by molar-refractivity contribution is -0.127. The van der Waals surface area contributed by atoms with Crippen LogP contribution in [0.25, 0.3) is 0 Å². The van der Waals surface area contributed by atoms with Crippen LogP contribution in [-0.2, 0) is 4.79 Å². The van der Waals surface area contributed by atoms with Gasteiger partial charge in [0.05, 0.1) is 6.61 Å². The molecule has 0 aliphatic carbocycles. The van der Waals surface area contributed by atoms with Crippen LogP contribution in [0.2, 0.25) is 0 Å². The lowest BCUT2D eigenvalue weighted by Gasteiger charge is -2.14. The Labute approximate surface area is 82.5 Å². The number of nitrogens with two attached hydrogens (primary N) is 1. The number of carbonyl (C=O) groups is 1. The van der Waals surface area contributed by atoms with E-state index >= 15 is 0 Å². The monoisotopic (exact) mass is 204 g/mol. The summed E-state index contributed by atoms with van der Waals surface area (Å²) in [4.78, 5) is 13.0. The molecule has 0 bridgehead atoms. The summed E-state index contributed by atoms with van der Waals surface area (Å²) >= 11 is 1.66. The smallest absolute Gasteiger partial charge is 0.224 e. The molecule has 1 atom stereocenters. The molecule has 1 aliphatic rings. The lowest BCUT2D eigenvalue weighted by Crippen LogP contribution is -2.30. The first-order valence-corrected chi connectivity index (χ1v) is 5.61. The Morgan fingerprint density at radius 3 is 2.92 bits per heavy atom. The summed E-state index contributed by atoms with van der Waals surface area (Å²) < 4.78 is 0. The largest absolute Gasteiger partial charge is 0.396 e. The third kappa shape index (κ3) is 3.54. The van der Waals surface area contributed by atoms with Crippen LogP contribution in [0.1, 0.15) is 6.42 Å². The molecule has 0 spiro atoms. The first kappa shape index (κ1) is 10.8. The van der Waals surface area contributed by atoms with Gasteiger partial charge in [0, 0.05) is 37.1 Å². The third-order valence-corrected chi connectivity index (χ3v) is 2.93. The summed E-state index contributed by atoms with van der Waals surface area (Å²) in [5.41, 5.74) is 5.64. The Bertz CT molecular complexity index is 178. The number of rotatable bonds is 5. The highest BCUT2D eigenvalue weighted by atomic mass is 32.2. The molecule has 4 nitrogen and oxygen atoms in total. The van der Waals surface area contributed by atoms with Crippen LogP contribution in [0.3, 0.4) is 0 Å². The van der Waals surface area contributed by atoms with E-state index in [0.29, 0.717) is 13.0 Å². The molecular formula is C8H16N2O2S. The van der Waals surface area contributed by atoms with Gasteiger partial charge in [-0.05, 0) is 0 Å². The molecule has 5 heteroatoms. The fourth-order valence-corrected chi connectivity index (χ4v) is 2.04. The Hall–Kier alpha value is -0.260. The minimum absolute atomic E-state index is 0.0235. The number of likely N-dealkylation sites (tertiary alicyclic amines) is 1. The lowest BCUT2D eigenvalue weighted by atomic mass is 10.3. The molecule has 3 N–H and O–H groups in total. The maximum atomic E-state index is 11.2. The van der Waals surface area contributed by atoms with Crippen LogP contribution in [0, 0.1) is 0 Å². The van der Waals surface area contributed by atoms with Gasteiger partial charge in [0.25, 0.3) is 0 Å². The number of hydrogen-bond donors (Lipinski definition) is 2. The molecule has 0 aromatic rings. The van der Waals surface area contributed by atoms with E-state index in [1.54, 1.807) is 16.7 Å². The summed E-state index contributed by atoms with van der Waals surface area (Å²) in [5.74, 6) is 1.80. The van der Waals surface area contributed by atoms with Crippen molar-refractivity contribution < 1.29 is 9.90 Å².